The molecule has 1 aliphatic carbocycles. The van der Waals surface area contributed by atoms with E-state index in [-0.39, 0.29) is 11.9 Å². The number of piperidine rings is 1. The van der Waals surface area contributed by atoms with Gasteiger partial charge in [0, 0.05) is 18.6 Å². The molecule has 0 radical (unpaired) electrons. The molecule has 0 amide bonds. The van der Waals surface area contributed by atoms with Crippen molar-refractivity contribution in [3.63, 3.8) is 0 Å². The molecule has 110 valence electrons. The normalized spacial score (nSPS) is 24.9. The van der Waals surface area contributed by atoms with Crippen LogP contribution in [0.3, 0.4) is 0 Å². The maximum atomic E-state index is 13.0. The van der Waals surface area contributed by atoms with Crippen molar-refractivity contribution < 1.29 is 4.39 Å². The van der Waals surface area contributed by atoms with E-state index in [9.17, 15) is 4.39 Å². The summed E-state index contributed by atoms with van der Waals surface area (Å²) >= 11 is 0. The molecular formula is C16H24FN3. The lowest BCUT2D eigenvalue weighted by molar-refractivity contribution is 0.151. The van der Waals surface area contributed by atoms with Crippen molar-refractivity contribution in [1.29, 1.82) is 0 Å². The van der Waals surface area contributed by atoms with Crippen molar-refractivity contribution in [2.45, 2.75) is 44.7 Å². The molecule has 0 bridgehead atoms. The number of aromatic nitrogens is 1. The number of hydrogen-bond donors (Lipinski definition) is 1. The van der Waals surface area contributed by atoms with Crippen LogP contribution < -0.4 is 5.32 Å². The third-order valence-corrected chi connectivity index (χ3v) is 4.56. The van der Waals surface area contributed by atoms with Gasteiger partial charge in [-0.2, -0.15) is 0 Å². The standard InChI is InChI=1S/C16H24FN3/c1-12(16-7-4-14(17)10-19-16)20(15-5-6-15)11-13-3-2-8-18-9-13/h4,7,10,12-13,15,18H,2-3,5-6,8-9,11H2,1H3. The van der Waals surface area contributed by atoms with E-state index < -0.39 is 0 Å². The maximum Gasteiger partial charge on any atom is 0.141 e. The summed E-state index contributed by atoms with van der Waals surface area (Å²) in [6.07, 6.45) is 6.53. The molecule has 1 aliphatic heterocycles. The Morgan fingerprint density at radius 1 is 1.40 bits per heavy atom. The average Bonchev–Trinajstić information content (AvgIpc) is 3.30. The van der Waals surface area contributed by atoms with E-state index in [4.69, 9.17) is 0 Å². The van der Waals surface area contributed by atoms with Gasteiger partial charge in [-0.3, -0.25) is 9.88 Å². The van der Waals surface area contributed by atoms with Crippen LogP contribution in [0.25, 0.3) is 0 Å². The maximum absolute atomic E-state index is 13.0. The van der Waals surface area contributed by atoms with Gasteiger partial charge < -0.3 is 5.32 Å². The number of halogens is 1. The fraction of sp³-hybridized carbons (Fsp3) is 0.688. The lowest BCUT2D eigenvalue weighted by Gasteiger charge is -2.34. The number of nitrogens with one attached hydrogen (secondary N) is 1. The molecule has 0 aromatic carbocycles. The van der Waals surface area contributed by atoms with E-state index in [1.54, 1.807) is 0 Å². The van der Waals surface area contributed by atoms with Crippen LogP contribution in [0.1, 0.15) is 44.3 Å². The van der Waals surface area contributed by atoms with E-state index in [1.165, 1.54) is 37.9 Å². The zero-order valence-corrected chi connectivity index (χ0v) is 12.2. The van der Waals surface area contributed by atoms with E-state index >= 15 is 0 Å². The molecule has 2 fully saturated rings. The van der Waals surface area contributed by atoms with Crippen molar-refractivity contribution in [3.05, 3.63) is 29.8 Å². The quantitative estimate of drug-likeness (QED) is 0.897. The summed E-state index contributed by atoms with van der Waals surface area (Å²) in [6.45, 7) is 5.63. The van der Waals surface area contributed by atoms with Gasteiger partial charge in [0.2, 0.25) is 0 Å². The van der Waals surface area contributed by atoms with Gasteiger partial charge in [-0.05, 0) is 63.7 Å². The summed E-state index contributed by atoms with van der Waals surface area (Å²) in [5.74, 6) is 0.489. The second kappa shape index (κ2) is 6.19. The molecule has 3 rings (SSSR count). The molecule has 1 saturated heterocycles. The first-order valence-electron chi connectivity index (χ1n) is 7.82. The minimum absolute atomic E-state index is 0.254. The van der Waals surface area contributed by atoms with Gasteiger partial charge in [-0.15, -0.1) is 0 Å². The predicted molar refractivity (Wildman–Crippen MR) is 77.9 cm³/mol. The Bertz CT molecular complexity index is 424. The van der Waals surface area contributed by atoms with Gasteiger partial charge >= 0.3 is 0 Å². The minimum Gasteiger partial charge on any atom is -0.316 e. The molecular weight excluding hydrogens is 253 g/mol. The van der Waals surface area contributed by atoms with Crippen molar-refractivity contribution in [2.75, 3.05) is 19.6 Å². The van der Waals surface area contributed by atoms with E-state index in [0.29, 0.717) is 6.04 Å². The van der Waals surface area contributed by atoms with Gasteiger partial charge in [-0.25, -0.2) is 4.39 Å². The molecule has 2 aliphatic rings. The first-order chi connectivity index (χ1) is 9.74. The zero-order chi connectivity index (χ0) is 13.9. The summed E-state index contributed by atoms with van der Waals surface area (Å²) < 4.78 is 13.0. The molecule has 20 heavy (non-hydrogen) atoms. The van der Waals surface area contributed by atoms with Crippen LogP contribution in [0, 0.1) is 11.7 Å². The highest BCUT2D eigenvalue weighted by molar-refractivity contribution is 5.10. The van der Waals surface area contributed by atoms with Crippen LogP contribution in [0.15, 0.2) is 18.3 Å². The second-order valence-electron chi connectivity index (χ2n) is 6.22. The van der Waals surface area contributed by atoms with Gasteiger partial charge in [0.1, 0.15) is 5.82 Å². The van der Waals surface area contributed by atoms with Crippen molar-refractivity contribution in [1.82, 2.24) is 15.2 Å². The fourth-order valence-corrected chi connectivity index (χ4v) is 3.21. The first kappa shape index (κ1) is 14.0. The van der Waals surface area contributed by atoms with Crippen LogP contribution in [0.5, 0.6) is 0 Å². The second-order valence-corrected chi connectivity index (χ2v) is 6.22. The molecule has 1 aromatic heterocycles. The summed E-state index contributed by atoms with van der Waals surface area (Å²) in [4.78, 5) is 6.85. The van der Waals surface area contributed by atoms with E-state index in [2.05, 4.69) is 22.1 Å². The lowest BCUT2D eigenvalue weighted by Crippen LogP contribution is -2.40. The number of pyridine rings is 1. The smallest absolute Gasteiger partial charge is 0.141 e. The molecule has 0 spiro atoms. The summed E-state index contributed by atoms with van der Waals surface area (Å²) in [5.41, 5.74) is 0.988. The molecule has 3 nitrogen and oxygen atoms in total. The van der Waals surface area contributed by atoms with Crippen LogP contribution in [0.4, 0.5) is 4.39 Å². The van der Waals surface area contributed by atoms with Crippen molar-refractivity contribution in [3.8, 4) is 0 Å². The Balaban J connectivity index is 1.67. The van der Waals surface area contributed by atoms with Crippen LogP contribution in [0.2, 0.25) is 0 Å². The monoisotopic (exact) mass is 277 g/mol. The minimum atomic E-state index is -0.254. The van der Waals surface area contributed by atoms with E-state index in [0.717, 1.165) is 31.2 Å². The van der Waals surface area contributed by atoms with Gasteiger partial charge in [0.25, 0.3) is 0 Å². The number of rotatable bonds is 5. The van der Waals surface area contributed by atoms with Crippen molar-refractivity contribution >= 4 is 0 Å². The first-order valence-corrected chi connectivity index (χ1v) is 7.82. The van der Waals surface area contributed by atoms with Crippen LogP contribution >= 0.6 is 0 Å². The highest BCUT2D eigenvalue weighted by Crippen LogP contribution is 2.35. The average molecular weight is 277 g/mol. The molecule has 1 saturated carbocycles. The third kappa shape index (κ3) is 3.36. The largest absolute Gasteiger partial charge is 0.316 e. The highest BCUT2D eigenvalue weighted by Gasteiger charge is 2.34. The lowest BCUT2D eigenvalue weighted by atomic mass is 9.98. The Morgan fingerprint density at radius 3 is 2.85 bits per heavy atom. The van der Waals surface area contributed by atoms with E-state index in [1.807, 2.05) is 6.07 Å². The summed E-state index contributed by atoms with van der Waals surface area (Å²) in [5, 5.41) is 3.49. The molecule has 2 atom stereocenters. The van der Waals surface area contributed by atoms with Crippen LogP contribution in [-0.4, -0.2) is 35.6 Å². The molecule has 2 heterocycles. The fourth-order valence-electron chi connectivity index (χ4n) is 3.21. The van der Waals surface area contributed by atoms with Gasteiger partial charge in [0.15, 0.2) is 0 Å². The molecule has 4 heteroatoms. The highest BCUT2D eigenvalue weighted by atomic mass is 19.1. The summed E-state index contributed by atoms with van der Waals surface area (Å²) in [7, 11) is 0. The SMILES string of the molecule is CC(c1ccc(F)cn1)N(CC1CCCNC1)C1CC1. The third-order valence-electron chi connectivity index (χ3n) is 4.56. The van der Waals surface area contributed by atoms with Gasteiger partial charge in [-0.1, -0.05) is 0 Å². The molecule has 2 unspecified atom stereocenters. The number of hydrogen-bond acceptors (Lipinski definition) is 3. The van der Waals surface area contributed by atoms with Crippen molar-refractivity contribution in [2.24, 2.45) is 5.92 Å². The molecule has 1 N–H and O–H groups in total. The summed E-state index contributed by atoms with van der Waals surface area (Å²) in [6, 6.07) is 4.34. The number of nitrogens with zero attached hydrogens (tertiary/aromatic N) is 2. The predicted octanol–water partition coefficient (Wildman–Crippen LogP) is 2.75. The van der Waals surface area contributed by atoms with Crippen LogP contribution in [-0.2, 0) is 0 Å². The zero-order valence-electron chi connectivity index (χ0n) is 12.2. The Morgan fingerprint density at radius 2 is 2.25 bits per heavy atom. The topological polar surface area (TPSA) is 28.2 Å². The molecule has 1 aromatic rings. The Labute approximate surface area is 120 Å². The Kier molecular flexibility index (Phi) is 4.32. The Hall–Kier alpha value is -1.00. The van der Waals surface area contributed by atoms with Gasteiger partial charge in [0.05, 0.1) is 11.9 Å².